The lowest BCUT2D eigenvalue weighted by Crippen LogP contribution is -2.40. The molecule has 0 atom stereocenters. The predicted molar refractivity (Wildman–Crippen MR) is 51.7 cm³/mol. The molecule has 0 aromatic heterocycles. The zero-order valence-electron chi connectivity index (χ0n) is 8.73. The highest BCUT2D eigenvalue weighted by Gasteiger charge is 2.46. The Kier molecular flexibility index (Phi) is 5.07. The van der Waals surface area contributed by atoms with E-state index in [0.29, 0.717) is 12.8 Å². The second kappa shape index (κ2) is 5.91. The fourth-order valence-electron chi connectivity index (χ4n) is 1.42. The summed E-state index contributed by atoms with van der Waals surface area (Å²) in [5.41, 5.74) is -0.593. The van der Waals surface area contributed by atoms with E-state index in [1.54, 1.807) is 0 Å². The Balaban J connectivity index is 2.37. The van der Waals surface area contributed by atoms with Crippen LogP contribution in [0.5, 0.6) is 0 Å². The molecule has 0 bridgehead atoms. The van der Waals surface area contributed by atoms with Gasteiger partial charge in [0.1, 0.15) is 12.0 Å². The van der Waals surface area contributed by atoms with E-state index in [9.17, 15) is 13.6 Å². The van der Waals surface area contributed by atoms with Gasteiger partial charge in [-0.15, -0.1) is 4.33 Å². The molecule has 0 radical (unpaired) electrons. The normalized spacial score (nSPS) is 18.6. The molecule has 1 saturated carbocycles. The first-order valence-corrected chi connectivity index (χ1v) is 5.52. The molecule has 1 aliphatic carbocycles. The number of esters is 1. The second-order valence-electron chi connectivity index (χ2n) is 3.83. The highest BCUT2D eigenvalue weighted by atomic mass is 32.2. The Hall–Kier alpha value is -0.480. The zero-order valence-corrected chi connectivity index (χ0v) is 9.54. The van der Waals surface area contributed by atoms with Crippen LogP contribution in [-0.4, -0.2) is 34.8 Å². The number of rotatable bonds is 7. The number of hydrogen-bond acceptors (Lipinski definition) is 7. The standard InChI is InChI=1S/C8H12F2O6S/c9-8(10,17-16-15-13)6(12)14-5-7(4-11)2-1-3-7/h11,13H,1-5H2. The molecule has 1 aliphatic rings. The van der Waals surface area contributed by atoms with Crippen LogP contribution in [0, 0.1) is 5.41 Å². The SMILES string of the molecule is O=C(OCC1(CO)CCC1)C(F)(F)SOOO. The summed E-state index contributed by atoms with van der Waals surface area (Å²) in [5, 5.41) is 15.7. The molecule has 0 amide bonds. The molecular weight excluding hydrogens is 262 g/mol. The highest BCUT2D eigenvalue weighted by Crippen LogP contribution is 2.41. The number of hydrogen-bond donors (Lipinski definition) is 2. The van der Waals surface area contributed by atoms with Gasteiger partial charge >= 0.3 is 11.2 Å². The number of halogens is 2. The molecular formula is C8H12F2O6S. The molecule has 6 nitrogen and oxygen atoms in total. The van der Waals surface area contributed by atoms with Gasteiger partial charge in [-0.2, -0.15) is 8.78 Å². The van der Waals surface area contributed by atoms with Crippen molar-refractivity contribution < 1.29 is 38.0 Å². The molecule has 0 aromatic carbocycles. The zero-order chi connectivity index (χ0) is 12.9. The molecule has 17 heavy (non-hydrogen) atoms. The lowest BCUT2D eigenvalue weighted by Gasteiger charge is -2.39. The quantitative estimate of drug-likeness (QED) is 0.314. The van der Waals surface area contributed by atoms with Crippen molar-refractivity contribution in [3.8, 4) is 0 Å². The maximum Gasteiger partial charge on any atom is 0.415 e. The van der Waals surface area contributed by atoms with Crippen molar-refractivity contribution in [3.05, 3.63) is 0 Å². The third-order valence-electron chi connectivity index (χ3n) is 2.67. The maximum atomic E-state index is 12.9. The van der Waals surface area contributed by atoms with E-state index in [0.717, 1.165) is 6.42 Å². The van der Waals surface area contributed by atoms with Crippen LogP contribution in [0.15, 0.2) is 0 Å². The Morgan fingerprint density at radius 2 is 2.12 bits per heavy atom. The molecule has 0 aromatic rings. The highest BCUT2D eigenvalue weighted by molar-refractivity contribution is 7.96. The smallest absolute Gasteiger partial charge is 0.415 e. The van der Waals surface area contributed by atoms with Crippen molar-refractivity contribution in [2.45, 2.75) is 24.5 Å². The van der Waals surface area contributed by atoms with Gasteiger partial charge in [0, 0.05) is 5.41 Å². The molecule has 9 heteroatoms. The monoisotopic (exact) mass is 274 g/mol. The Morgan fingerprint density at radius 1 is 1.47 bits per heavy atom. The minimum absolute atomic E-state index is 0.213. The molecule has 2 N–H and O–H groups in total. The second-order valence-corrected chi connectivity index (χ2v) is 4.65. The Morgan fingerprint density at radius 3 is 2.53 bits per heavy atom. The number of aliphatic hydroxyl groups is 1. The number of carbonyl (C=O) groups excluding carboxylic acids is 1. The van der Waals surface area contributed by atoms with Crippen molar-refractivity contribution in [3.63, 3.8) is 0 Å². The summed E-state index contributed by atoms with van der Waals surface area (Å²) in [5.74, 6) is -1.81. The number of alkyl halides is 2. The van der Waals surface area contributed by atoms with Gasteiger partial charge in [0.15, 0.2) is 0 Å². The fourth-order valence-corrected chi connectivity index (χ4v) is 1.66. The van der Waals surface area contributed by atoms with Crippen LogP contribution < -0.4 is 0 Å². The summed E-state index contributed by atoms with van der Waals surface area (Å²) in [6.07, 6.45) is 2.13. The summed E-state index contributed by atoms with van der Waals surface area (Å²) < 4.78 is 33.7. The average molecular weight is 274 g/mol. The Labute approximate surface area is 99.9 Å². The van der Waals surface area contributed by atoms with E-state index in [1.165, 1.54) is 0 Å². The fraction of sp³-hybridized carbons (Fsp3) is 0.875. The van der Waals surface area contributed by atoms with Crippen LogP contribution in [0.2, 0.25) is 0 Å². The first-order valence-electron chi connectivity index (χ1n) is 4.78. The van der Waals surface area contributed by atoms with Crippen molar-refractivity contribution in [1.29, 1.82) is 0 Å². The number of carbonyl (C=O) groups is 1. The van der Waals surface area contributed by atoms with E-state index < -0.39 is 28.7 Å². The average Bonchev–Trinajstić information content (AvgIpc) is 2.25. The van der Waals surface area contributed by atoms with Gasteiger partial charge in [-0.1, -0.05) is 11.5 Å². The Bertz CT molecular complexity index is 265. The lowest BCUT2D eigenvalue weighted by atomic mass is 9.70. The molecule has 0 heterocycles. The van der Waals surface area contributed by atoms with Gasteiger partial charge in [-0.25, -0.2) is 10.1 Å². The minimum atomic E-state index is -3.98. The third-order valence-corrected chi connectivity index (χ3v) is 3.17. The van der Waals surface area contributed by atoms with Crippen LogP contribution >= 0.6 is 12.0 Å². The largest absolute Gasteiger partial charge is 0.460 e. The van der Waals surface area contributed by atoms with Gasteiger partial charge in [0.25, 0.3) is 0 Å². The molecule has 0 unspecified atom stereocenters. The summed E-state index contributed by atoms with van der Waals surface area (Å²) in [4.78, 5) is 11.0. The predicted octanol–water partition coefficient (Wildman–Crippen LogP) is 1.35. The topological polar surface area (TPSA) is 85.2 Å². The summed E-state index contributed by atoms with van der Waals surface area (Å²) >= 11 is -0.672. The van der Waals surface area contributed by atoms with Gasteiger partial charge in [-0.3, -0.25) is 0 Å². The van der Waals surface area contributed by atoms with E-state index in [-0.39, 0.29) is 13.2 Å². The number of aliphatic hydroxyl groups excluding tert-OH is 1. The summed E-state index contributed by atoms with van der Waals surface area (Å²) in [6.45, 7) is -0.478. The van der Waals surface area contributed by atoms with Crippen LogP contribution in [0.1, 0.15) is 19.3 Å². The summed E-state index contributed by atoms with van der Waals surface area (Å²) in [6, 6.07) is 0. The van der Waals surface area contributed by atoms with Gasteiger partial charge < -0.3 is 9.84 Å². The van der Waals surface area contributed by atoms with Crippen LogP contribution in [0.4, 0.5) is 8.78 Å². The van der Waals surface area contributed by atoms with Gasteiger partial charge in [-0.05, 0) is 12.8 Å². The molecule has 1 rings (SSSR count). The number of ether oxygens (including phenoxy) is 1. The first-order chi connectivity index (χ1) is 7.96. The van der Waals surface area contributed by atoms with E-state index >= 15 is 0 Å². The summed E-state index contributed by atoms with van der Waals surface area (Å²) in [7, 11) is 0. The molecule has 1 fully saturated rings. The maximum absolute atomic E-state index is 12.9. The van der Waals surface area contributed by atoms with E-state index in [2.05, 4.69) is 14.1 Å². The molecule has 0 spiro atoms. The molecule has 0 aliphatic heterocycles. The van der Waals surface area contributed by atoms with Crippen molar-refractivity contribution >= 4 is 18.0 Å². The molecule has 0 saturated heterocycles. The lowest BCUT2D eigenvalue weighted by molar-refractivity contribution is -0.433. The van der Waals surface area contributed by atoms with Crippen LogP contribution in [0.3, 0.4) is 0 Å². The third kappa shape index (κ3) is 3.75. The first kappa shape index (κ1) is 14.6. The van der Waals surface area contributed by atoms with Gasteiger partial charge in [0.05, 0.1) is 13.2 Å². The van der Waals surface area contributed by atoms with Crippen LogP contribution in [-0.2, 0) is 18.9 Å². The van der Waals surface area contributed by atoms with E-state index in [4.69, 9.17) is 10.4 Å². The van der Waals surface area contributed by atoms with Crippen LogP contribution in [0.25, 0.3) is 0 Å². The van der Waals surface area contributed by atoms with Crippen molar-refractivity contribution in [2.75, 3.05) is 13.2 Å². The minimum Gasteiger partial charge on any atom is -0.460 e. The van der Waals surface area contributed by atoms with Crippen molar-refractivity contribution in [1.82, 2.24) is 0 Å². The van der Waals surface area contributed by atoms with Crippen molar-refractivity contribution in [2.24, 2.45) is 5.41 Å². The van der Waals surface area contributed by atoms with Gasteiger partial charge in [0.2, 0.25) is 0 Å². The van der Waals surface area contributed by atoms with E-state index in [1.807, 2.05) is 0 Å². The molecule has 100 valence electrons.